The molecule has 0 amide bonds. The van der Waals surface area contributed by atoms with E-state index in [0.29, 0.717) is 22.0 Å². The third-order valence-electron chi connectivity index (χ3n) is 4.84. The van der Waals surface area contributed by atoms with Crippen molar-refractivity contribution in [3.8, 4) is 0 Å². The van der Waals surface area contributed by atoms with Gasteiger partial charge in [0.05, 0.1) is 10.0 Å². The second-order valence-corrected chi connectivity index (χ2v) is 6.84. The van der Waals surface area contributed by atoms with Crippen molar-refractivity contribution < 1.29 is 0 Å². The first-order valence-corrected chi connectivity index (χ1v) is 8.61. The fourth-order valence-electron chi connectivity index (χ4n) is 3.52. The highest BCUT2D eigenvalue weighted by Gasteiger charge is 2.29. The van der Waals surface area contributed by atoms with Gasteiger partial charge in [0.2, 0.25) is 0 Å². The molecule has 0 saturated heterocycles. The third kappa shape index (κ3) is 2.90. The lowest BCUT2D eigenvalue weighted by atomic mass is 9.76. The number of halogens is 2. The predicted octanol–water partition coefficient (Wildman–Crippen LogP) is 5.91. The van der Waals surface area contributed by atoms with Gasteiger partial charge in [-0.3, -0.25) is 4.90 Å². The lowest BCUT2D eigenvalue weighted by molar-refractivity contribution is 0.228. The largest absolute Gasteiger partial charge is 0.300 e. The van der Waals surface area contributed by atoms with E-state index >= 15 is 0 Å². The molecule has 3 heteroatoms. The van der Waals surface area contributed by atoms with Crippen LogP contribution < -0.4 is 0 Å². The van der Waals surface area contributed by atoms with Crippen molar-refractivity contribution in [2.45, 2.75) is 31.7 Å². The Hall–Kier alpha value is -1.02. The quantitative estimate of drug-likeness (QED) is 0.674. The molecular formula is C19H21Cl2N. The summed E-state index contributed by atoms with van der Waals surface area (Å²) in [5.41, 5.74) is 4.14. The van der Waals surface area contributed by atoms with Gasteiger partial charge in [-0.1, -0.05) is 60.5 Å². The molecule has 2 aromatic carbocycles. The second kappa shape index (κ2) is 6.62. The first-order valence-electron chi connectivity index (χ1n) is 7.85. The summed E-state index contributed by atoms with van der Waals surface area (Å²) in [4.78, 5) is 2.43. The van der Waals surface area contributed by atoms with E-state index in [0.717, 1.165) is 13.0 Å². The Labute approximate surface area is 142 Å². The molecule has 22 heavy (non-hydrogen) atoms. The Balaban J connectivity index is 2.02. The van der Waals surface area contributed by atoms with Crippen LogP contribution in [0.5, 0.6) is 0 Å². The van der Waals surface area contributed by atoms with Crippen molar-refractivity contribution in [3.05, 3.63) is 69.2 Å². The third-order valence-corrected chi connectivity index (χ3v) is 5.58. The molecule has 0 heterocycles. The number of hydrogen-bond acceptors (Lipinski definition) is 1. The number of fused-ring (bicyclic) bond motifs is 1. The number of benzene rings is 2. The molecule has 0 bridgehead atoms. The Bertz CT molecular complexity index is 668. The molecule has 0 aromatic heterocycles. The SMILES string of the molecule is CCN(C)[C@H]1CC[C@@H](c2ccc(Cl)c(Cl)c2)c2ccccc21. The summed E-state index contributed by atoms with van der Waals surface area (Å²) >= 11 is 12.3. The monoisotopic (exact) mass is 333 g/mol. The fourth-order valence-corrected chi connectivity index (χ4v) is 3.83. The van der Waals surface area contributed by atoms with Crippen LogP contribution in [0.1, 0.15) is 48.4 Å². The van der Waals surface area contributed by atoms with E-state index in [9.17, 15) is 0 Å². The molecule has 0 fully saturated rings. The summed E-state index contributed by atoms with van der Waals surface area (Å²) in [7, 11) is 2.21. The van der Waals surface area contributed by atoms with Crippen LogP contribution in [0.25, 0.3) is 0 Å². The summed E-state index contributed by atoms with van der Waals surface area (Å²) in [6.45, 7) is 3.28. The van der Waals surface area contributed by atoms with E-state index in [1.165, 1.54) is 23.1 Å². The van der Waals surface area contributed by atoms with Gasteiger partial charge in [0, 0.05) is 12.0 Å². The van der Waals surface area contributed by atoms with Crippen LogP contribution in [0, 0.1) is 0 Å². The van der Waals surface area contributed by atoms with Gasteiger partial charge in [-0.05, 0) is 55.3 Å². The van der Waals surface area contributed by atoms with E-state index in [1.54, 1.807) is 0 Å². The van der Waals surface area contributed by atoms with Crippen LogP contribution in [0.2, 0.25) is 10.0 Å². The molecule has 3 rings (SSSR count). The molecular weight excluding hydrogens is 313 g/mol. The lowest BCUT2D eigenvalue weighted by Gasteiger charge is -2.36. The van der Waals surface area contributed by atoms with Gasteiger partial charge >= 0.3 is 0 Å². The van der Waals surface area contributed by atoms with Crippen molar-refractivity contribution in [1.82, 2.24) is 4.90 Å². The summed E-state index contributed by atoms with van der Waals surface area (Å²) in [5.74, 6) is 0.410. The topological polar surface area (TPSA) is 3.24 Å². The average Bonchev–Trinajstić information content (AvgIpc) is 2.55. The normalized spacial score (nSPS) is 21.0. The van der Waals surface area contributed by atoms with Crippen molar-refractivity contribution in [2.75, 3.05) is 13.6 Å². The number of nitrogens with zero attached hydrogens (tertiary/aromatic N) is 1. The van der Waals surface area contributed by atoms with Gasteiger partial charge in [-0.2, -0.15) is 0 Å². The zero-order valence-corrected chi connectivity index (χ0v) is 14.5. The average molecular weight is 334 g/mol. The minimum Gasteiger partial charge on any atom is -0.300 e. The maximum absolute atomic E-state index is 6.22. The second-order valence-electron chi connectivity index (χ2n) is 6.02. The molecule has 0 radical (unpaired) electrons. The molecule has 1 aliphatic rings. The predicted molar refractivity (Wildman–Crippen MR) is 95.0 cm³/mol. The molecule has 2 atom stereocenters. The highest BCUT2D eigenvalue weighted by Crippen LogP contribution is 2.43. The minimum atomic E-state index is 0.410. The highest BCUT2D eigenvalue weighted by atomic mass is 35.5. The zero-order chi connectivity index (χ0) is 15.7. The van der Waals surface area contributed by atoms with Gasteiger partial charge in [0.1, 0.15) is 0 Å². The number of rotatable bonds is 3. The van der Waals surface area contributed by atoms with Crippen LogP contribution in [0.4, 0.5) is 0 Å². The highest BCUT2D eigenvalue weighted by molar-refractivity contribution is 6.42. The Kier molecular flexibility index (Phi) is 4.77. The molecule has 0 N–H and O–H groups in total. The molecule has 1 aliphatic carbocycles. The smallest absolute Gasteiger partial charge is 0.0595 e. The van der Waals surface area contributed by atoms with Crippen molar-refractivity contribution in [1.29, 1.82) is 0 Å². The Morgan fingerprint density at radius 2 is 1.73 bits per heavy atom. The van der Waals surface area contributed by atoms with Crippen LogP contribution in [0.3, 0.4) is 0 Å². The zero-order valence-electron chi connectivity index (χ0n) is 13.0. The van der Waals surface area contributed by atoms with Gasteiger partial charge in [-0.15, -0.1) is 0 Å². The Morgan fingerprint density at radius 3 is 2.41 bits per heavy atom. The minimum absolute atomic E-state index is 0.410. The van der Waals surface area contributed by atoms with Crippen molar-refractivity contribution in [2.24, 2.45) is 0 Å². The first kappa shape index (κ1) is 15.9. The standard InChI is InChI=1S/C19H21Cl2N/c1-3-22(2)19-11-9-14(15-6-4-5-7-16(15)19)13-8-10-17(20)18(21)12-13/h4-8,10,12,14,19H,3,9,11H2,1-2H3/t14-,19-/m0/s1. The first-order chi connectivity index (χ1) is 10.6. The molecule has 0 spiro atoms. The van der Waals surface area contributed by atoms with E-state index in [-0.39, 0.29) is 0 Å². The molecule has 1 nitrogen and oxygen atoms in total. The summed E-state index contributed by atoms with van der Waals surface area (Å²) < 4.78 is 0. The maximum atomic E-state index is 6.22. The van der Waals surface area contributed by atoms with E-state index < -0.39 is 0 Å². The number of hydrogen-bond donors (Lipinski definition) is 0. The van der Waals surface area contributed by atoms with Crippen LogP contribution in [0.15, 0.2) is 42.5 Å². The maximum Gasteiger partial charge on any atom is 0.0595 e. The van der Waals surface area contributed by atoms with Gasteiger partial charge in [0.15, 0.2) is 0 Å². The van der Waals surface area contributed by atoms with Crippen molar-refractivity contribution in [3.63, 3.8) is 0 Å². The van der Waals surface area contributed by atoms with Crippen LogP contribution >= 0.6 is 23.2 Å². The van der Waals surface area contributed by atoms with Crippen LogP contribution in [-0.4, -0.2) is 18.5 Å². The van der Waals surface area contributed by atoms with E-state index in [1.807, 2.05) is 12.1 Å². The van der Waals surface area contributed by atoms with Gasteiger partial charge in [-0.25, -0.2) is 0 Å². The Morgan fingerprint density at radius 1 is 1.00 bits per heavy atom. The summed E-state index contributed by atoms with van der Waals surface area (Å²) in [5, 5.41) is 1.27. The van der Waals surface area contributed by atoms with Gasteiger partial charge in [0.25, 0.3) is 0 Å². The van der Waals surface area contributed by atoms with Crippen LogP contribution in [-0.2, 0) is 0 Å². The molecule has 2 aromatic rings. The van der Waals surface area contributed by atoms with E-state index in [4.69, 9.17) is 23.2 Å². The lowest BCUT2D eigenvalue weighted by Crippen LogP contribution is -2.29. The summed E-state index contributed by atoms with van der Waals surface area (Å²) in [6, 6.07) is 15.4. The van der Waals surface area contributed by atoms with Gasteiger partial charge < -0.3 is 0 Å². The van der Waals surface area contributed by atoms with E-state index in [2.05, 4.69) is 49.2 Å². The van der Waals surface area contributed by atoms with Crippen molar-refractivity contribution >= 4 is 23.2 Å². The molecule has 0 unspecified atom stereocenters. The molecule has 116 valence electrons. The molecule has 0 saturated carbocycles. The summed E-state index contributed by atoms with van der Waals surface area (Å²) in [6.07, 6.45) is 2.32. The fraction of sp³-hybridized carbons (Fsp3) is 0.368. The molecule has 0 aliphatic heterocycles.